The largest absolute Gasteiger partial charge is 0.390 e. The number of nitrogen functional groups attached to an aromatic ring is 1. The van der Waals surface area contributed by atoms with Crippen molar-refractivity contribution in [3.8, 4) is 0 Å². The van der Waals surface area contributed by atoms with Crippen LogP contribution in [0.15, 0.2) is 6.20 Å². The first-order valence-corrected chi connectivity index (χ1v) is 2.38. The third-order valence-corrected chi connectivity index (χ3v) is 0.787. The van der Waals surface area contributed by atoms with Crippen LogP contribution < -0.4 is 5.73 Å². The van der Waals surface area contributed by atoms with E-state index in [-0.39, 0.29) is 12.6 Å². The van der Waals surface area contributed by atoms with Crippen molar-refractivity contribution in [3.05, 3.63) is 11.9 Å². The van der Waals surface area contributed by atoms with Crippen molar-refractivity contribution in [1.82, 2.24) is 15.2 Å². The number of nitrogens with two attached hydrogens (primary N) is 1. The fourth-order valence-corrected chi connectivity index (χ4v) is 0.429. The third kappa shape index (κ3) is 1.33. The van der Waals surface area contributed by atoms with Gasteiger partial charge in [-0.25, -0.2) is 4.98 Å². The van der Waals surface area contributed by atoms with Gasteiger partial charge in [-0.2, -0.15) is 5.10 Å². The molecule has 3 N–H and O–H groups in total. The summed E-state index contributed by atoms with van der Waals surface area (Å²) in [4.78, 5) is 3.65. The molecule has 9 heavy (non-hydrogen) atoms. The van der Waals surface area contributed by atoms with E-state index >= 15 is 0 Å². The minimum absolute atomic E-state index is 0.0848. The van der Waals surface area contributed by atoms with Crippen molar-refractivity contribution >= 4 is 5.95 Å². The predicted octanol–water partition coefficient (Wildman–Crippen LogP) is -1.05. The third-order valence-electron chi connectivity index (χ3n) is 0.787. The van der Waals surface area contributed by atoms with E-state index in [0.717, 1.165) is 0 Å². The van der Waals surface area contributed by atoms with Crippen molar-refractivity contribution < 1.29 is 5.11 Å². The number of anilines is 1. The topological polar surface area (TPSA) is 84.9 Å². The zero-order valence-corrected chi connectivity index (χ0v) is 4.65. The fourth-order valence-electron chi connectivity index (χ4n) is 0.429. The molecule has 1 aromatic rings. The number of aromatic nitrogens is 3. The molecule has 0 aliphatic heterocycles. The molecular weight excluding hydrogens is 120 g/mol. The monoisotopic (exact) mass is 126 g/mol. The van der Waals surface area contributed by atoms with Crippen molar-refractivity contribution in [2.75, 3.05) is 5.73 Å². The van der Waals surface area contributed by atoms with Crippen molar-refractivity contribution in [3.63, 3.8) is 0 Å². The van der Waals surface area contributed by atoms with E-state index in [1.54, 1.807) is 0 Å². The lowest BCUT2D eigenvalue weighted by Crippen LogP contribution is -2.00. The maximum absolute atomic E-state index is 8.48. The molecule has 0 unspecified atom stereocenters. The Morgan fingerprint density at radius 2 is 2.44 bits per heavy atom. The molecule has 1 aromatic heterocycles. The van der Waals surface area contributed by atoms with Gasteiger partial charge in [0.1, 0.15) is 0 Å². The Hall–Kier alpha value is -1.23. The fraction of sp³-hybridized carbons (Fsp3) is 0.250. The normalized spacial score (nSPS) is 9.44. The molecule has 48 valence electrons. The van der Waals surface area contributed by atoms with E-state index in [1.165, 1.54) is 6.20 Å². The highest BCUT2D eigenvalue weighted by Gasteiger charge is 1.91. The highest BCUT2D eigenvalue weighted by molar-refractivity contribution is 5.12. The number of aliphatic hydroxyl groups is 1. The Morgan fingerprint density at radius 3 is 2.89 bits per heavy atom. The average molecular weight is 126 g/mol. The second-order valence-corrected chi connectivity index (χ2v) is 1.46. The van der Waals surface area contributed by atoms with Crippen LogP contribution in [0.5, 0.6) is 0 Å². The molecule has 0 aliphatic rings. The lowest BCUT2D eigenvalue weighted by molar-refractivity contribution is 0.276. The van der Waals surface area contributed by atoms with Gasteiger partial charge in [0, 0.05) is 0 Å². The Morgan fingerprint density at radius 1 is 1.67 bits per heavy atom. The summed E-state index contributed by atoms with van der Waals surface area (Å²) in [6.45, 7) is -0.153. The van der Waals surface area contributed by atoms with E-state index in [0.29, 0.717) is 5.69 Å². The minimum atomic E-state index is -0.153. The summed E-state index contributed by atoms with van der Waals surface area (Å²) in [5, 5.41) is 15.3. The Balaban J connectivity index is 2.94. The van der Waals surface area contributed by atoms with Crippen LogP contribution >= 0.6 is 0 Å². The lowest BCUT2D eigenvalue weighted by Gasteiger charge is -1.91. The molecular formula is C4H6N4O. The first-order valence-electron chi connectivity index (χ1n) is 2.38. The molecule has 0 aliphatic carbocycles. The molecule has 0 aromatic carbocycles. The summed E-state index contributed by atoms with van der Waals surface area (Å²) >= 11 is 0. The summed E-state index contributed by atoms with van der Waals surface area (Å²) in [6, 6.07) is 0. The van der Waals surface area contributed by atoms with Crippen molar-refractivity contribution in [2.45, 2.75) is 6.61 Å². The van der Waals surface area contributed by atoms with Crippen LogP contribution in [-0.2, 0) is 6.61 Å². The number of hydrogen-bond donors (Lipinski definition) is 2. The zero-order chi connectivity index (χ0) is 6.69. The van der Waals surface area contributed by atoms with Gasteiger partial charge < -0.3 is 10.8 Å². The van der Waals surface area contributed by atoms with Crippen molar-refractivity contribution in [2.24, 2.45) is 0 Å². The van der Waals surface area contributed by atoms with Gasteiger partial charge >= 0.3 is 0 Å². The van der Waals surface area contributed by atoms with Crippen LogP contribution in [0.25, 0.3) is 0 Å². The minimum Gasteiger partial charge on any atom is -0.390 e. The summed E-state index contributed by atoms with van der Waals surface area (Å²) < 4.78 is 0. The second-order valence-electron chi connectivity index (χ2n) is 1.46. The molecule has 0 spiro atoms. The second kappa shape index (κ2) is 2.36. The quantitative estimate of drug-likeness (QED) is 0.501. The van der Waals surface area contributed by atoms with E-state index in [2.05, 4.69) is 15.2 Å². The summed E-state index contributed by atoms with van der Waals surface area (Å²) in [5.74, 6) is 0.0848. The summed E-state index contributed by atoms with van der Waals surface area (Å²) in [7, 11) is 0. The van der Waals surface area contributed by atoms with E-state index in [9.17, 15) is 0 Å². The highest BCUT2D eigenvalue weighted by Crippen LogP contribution is 1.91. The van der Waals surface area contributed by atoms with Gasteiger partial charge in [0.2, 0.25) is 5.95 Å². The van der Waals surface area contributed by atoms with Gasteiger partial charge in [-0.15, -0.1) is 5.10 Å². The Bertz CT molecular complexity index is 202. The molecule has 0 saturated carbocycles. The average Bonchev–Trinajstić information content (AvgIpc) is 1.88. The van der Waals surface area contributed by atoms with Crippen LogP contribution in [0.4, 0.5) is 5.95 Å². The Kier molecular flexibility index (Phi) is 1.55. The summed E-state index contributed by atoms with van der Waals surface area (Å²) in [5.41, 5.74) is 5.57. The van der Waals surface area contributed by atoms with Crippen LogP contribution in [0.3, 0.4) is 0 Å². The smallest absolute Gasteiger partial charge is 0.240 e. The molecule has 1 rings (SSSR count). The van der Waals surface area contributed by atoms with E-state index < -0.39 is 0 Å². The number of rotatable bonds is 1. The SMILES string of the molecule is Nc1nncc(CO)n1. The maximum Gasteiger partial charge on any atom is 0.240 e. The molecule has 0 saturated heterocycles. The zero-order valence-electron chi connectivity index (χ0n) is 4.65. The predicted molar refractivity (Wildman–Crippen MR) is 30.2 cm³/mol. The lowest BCUT2D eigenvalue weighted by atomic mass is 10.5. The van der Waals surface area contributed by atoms with Crippen molar-refractivity contribution in [1.29, 1.82) is 0 Å². The van der Waals surface area contributed by atoms with Gasteiger partial charge in [-0.1, -0.05) is 0 Å². The molecule has 1 heterocycles. The standard InChI is InChI=1S/C4H6N4O/c5-4-7-3(2-9)1-6-8-4/h1,9H,2H2,(H2,5,7,8). The van der Waals surface area contributed by atoms with Crippen LogP contribution in [0.1, 0.15) is 5.69 Å². The molecule has 0 amide bonds. The molecule has 0 fully saturated rings. The van der Waals surface area contributed by atoms with Gasteiger partial charge in [-0.3, -0.25) is 0 Å². The summed E-state index contributed by atoms with van der Waals surface area (Å²) in [6.07, 6.45) is 1.36. The molecule has 0 bridgehead atoms. The van der Waals surface area contributed by atoms with Crippen LogP contribution in [-0.4, -0.2) is 20.3 Å². The number of hydrogen-bond acceptors (Lipinski definition) is 5. The van der Waals surface area contributed by atoms with Gasteiger partial charge in [0.25, 0.3) is 0 Å². The Labute approximate surface area is 51.6 Å². The molecule has 5 heteroatoms. The number of nitrogens with zero attached hydrogens (tertiary/aromatic N) is 3. The highest BCUT2D eigenvalue weighted by atomic mass is 16.3. The van der Waals surface area contributed by atoms with Gasteiger partial charge in [-0.05, 0) is 0 Å². The van der Waals surface area contributed by atoms with Gasteiger partial charge in [0.15, 0.2) is 0 Å². The number of aliphatic hydroxyl groups excluding tert-OH is 1. The molecule has 0 atom stereocenters. The molecule has 0 radical (unpaired) electrons. The van der Waals surface area contributed by atoms with Crippen LogP contribution in [0, 0.1) is 0 Å². The first kappa shape index (κ1) is 5.90. The first-order chi connectivity index (χ1) is 4.33. The van der Waals surface area contributed by atoms with Crippen LogP contribution in [0.2, 0.25) is 0 Å². The molecule has 5 nitrogen and oxygen atoms in total. The maximum atomic E-state index is 8.48. The van der Waals surface area contributed by atoms with E-state index in [4.69, 9.17) is 10.8 Å². The van der Waals surface area contributed by atoms with E-state index in [1.807, 2.05) is 0 Å². The van der Waals surface area contributed by atoms with Gasteiger partial charge in [0.05, 0.1) is 18.5 Å².